The Hall–Kier alpha value is -0.520. The second-order valence-electron chi connectivity index (χ2n) is 2.93. The topological polar surface area (TPSA) is 38.7 Å². The highest BCUT2D eigenvalue weighted by Crippen LogP contribution is 2.39. The molecule has 0 radical (unpaired) electrons. The van der Waals surface area contributed by atoms with E-state index < -0.39 is 0 Å². The number of aliphatic hydroxyl groups is 1. The van der Waals surface area contributed by atoms with Gasteiger partial charge in [0.25, 0.3) is 0 Å². The summed E-state index contributed by atoms with van der Waals surface area (Å²) in [6, 6.07) is 3.91. The van der Waals surface area contributed by atoms with Crippen molar-refractivity contribution >= 4 is 23.5 Å². The maximum Gasteiger partial charge on any atom is 0.133 e. The quantitative estimate of drug-likeness (QED) is 0.796. The van der Waals surface area contributed by atoms with Crippen molar-refractivity contribution in [1.82, 2.24) is 0 Å². The fourth-order valence-corrected chi connectivity index (χ4v) is 2.62. The van der Waals surface area contributed by atoms with E-state index in [0.29, 0.717) is 5.75 Å². The molecule has 0 fully saturated rings. The minimum absolute atomic E-state index is 0.153. The molecule has 0 aliphatic rings. The summed E-state index contributed by atoms with van der Waals surface area (Å²) in [7, 11) is 3.30. The Balaban J connectivity index is 3.05. The van der Waals surface area contributed by atoms with Crippen molar-refractivity contribution in [2.75, 3.05) is 32.8 Å². The lowest BCUT2D eigenvalue weighted by atomic mass is 10.3. The lowest BCUT2D eigenvalue weighted by Crippen LogP contribution is -1.93. The number of benzene rings is 1. The van der Waals surface area contributed by atoms with Crippen molar-refractivity contribution in [2.24, 2.45) is 0 Å². The Morgan fingerprint density at radius 3 is 2.19 bits per heavy atom. The summed E-state index contributed by atoms with van der Waals surface area (Å²) < 4.78 is 10.6. The lowest BCUT2D eigenvalue weighted by molar-refractivity contribution is 0.322. The minimum Gasteiger partial charge on any atom is -0.496 e. The summed E-state index contributed by atoms with van der Waals surface area (Å²) in [6.07, 6.45) is 2.00. The van der Waals surface area contributed by atoms with Crippen LogP contribution >= 0.6 is 23.5 Å². The van der Waals surface area contributed by atoms with E-state index in [1.807, 2.05) is 18.4 Å². The zero-order chi connectivity index (χ0) is 12.0. The summed E-state index contributed by atoms with van der Waals surface area (Å²) in [6.45, 7) is 0.153. The number of methoxy groups -OCH3 is 2. The third-order valence-electron chi connectivity index (χ3n) is 2.02. The number of hydrogen-bond acceptors (Lipinski definition) is 5. The van der Waals surface area contributed by atoms with E-state index in [1.165, 1.54) is 0 Å². The largest absolute Gasteiger partial charge is 0.496 e. The standard InChI is InChI=1S/C11H16O3S2/c1-13-8-7-11(16-5-4-12)9(14-2)6-10(8)15-3/h6-7,12H,4-5H2,1-3H3. The van der Waals surface area contributed by atoms with Crippen LogP contribution in [0, 0.1) is 0 Å². The van der Waals surface area contributed by atoms with E-state index in [2.05, 4.69) is 0 Å². The van der Waals surface area contributed by atoms with Gasteiger partial charge in [0.15, 0.2) is 0 Å². The van der Waals surface area contributed by atoms with Gasteiger partial charge >= 0.3 is 0 Å². The molecule has 0 saturated carbocycles. The number of aliphatic hydroxyl groups excluding tert-OH is 1. The van der Waals surface area contributed by atoms with Crippen molar-refractivity contribution in [2.45, 2.75) is 9.79 Å². The highest BCUT2D eigenvalue weighted by Gasteiger charge is 2.10. The number of rotatable bonds is 6. The van der Waals surface area contributed by atoms with Crippen molar-refractivity contribution in [3.63, 3.8) is 0 Å². The summed E-state index contributed by atoms with van der Waals surface area (Å²) >= 11 is 3.17. The van der Waals surface area contributed by atoms with Crippen molar-refractivity contribution in [3.05, 3.63) is 12.1 Å². The maximum absolute atomic E-state index is 8.82. The highest BCUT2D eigenvalue weighted by atomic mass is 32.2. The van der Waals surface area contributed by atoms with E-state index >= 15 is 0 Å². The molecule has 1 N–H and O–H groups in total. The number of thioether (sulfide) groups is 2. The second kappa shape index (κ2) is 6.93. The van der Waals surface area contributed by atoms with Gasteiger partial charge in [-0.15, -0.1) is 23.5 Å². The average Bonchev–Trinajstić information content (AvgIpc) is 2.35. The van der Waals surface area contributed by atoms with Gasteiger partial charge in [0, 0.05) is 5.75 Å². The zero-order valence-corrected chi connectivity index (χ0v) is 11.3. The summed E-state index contributed by atoms with van der Waals surface area (Å²) in [4.78, 5) is 2.04. The van der Waals surface area contributed by atoms with E-state index in [4.69, 9.17) is 14.6 Å². The van der Waals surface area contributed by atoms with Crippen LogP contribution in [0.5, 0.6) is 11.5 Å². The predicted octanol–water partition coefficient (Wildman–Crippen LogP) is 2.51. The van der Waals surface area contributed by atoms with Crippen LogP contribution in [0.4, 0.5) is 0 Å². The molecule has 0 aromatic heterocycles. The first-order valence-electron chi connectivity index (χ1n) is 4.80. The summed E-state index contributed by atoms with van der Waals surface area (Å²) in [5.74, 6) is 2.32. The first kappa shape index (κ1) is 13.5. The van der Waals surface area contributed by atoms with E-state index in [1.54, 1.807) is 37.7 Å². The van der Waals surface area contributed by atoms with Gasteiger partial charge in [-0.1, -0.05) is 0 Å². The molecule has 0 bridgehead atoms. The first-order valence-corrected chi connectivity index (χ1v) is 7.01. The minimum atomic E-state index is 0.153. The van der Waals surface area contributed by atoms with Crippen LogP contribution in [0.3, 0.4) is 0 Å². The van der Waals surface area contributed by atoms with Crippen molar-refractivity contribution in [3.8, 4) is 11.5 Å². The van der Waals surface area contributed by atoms with Crippen LogP contribution in [0.25, 0.3) is 0 Å². The van der Waals surface area contributed by atoms with Gasteiger partial charge in [-0.3, -0.25) is 0 Å². The fraction of sp³-hybridized carbons (Fsp3) is 0.455. The molecule has 0 aliphatic heterocycles. The fourth-order valence-electron chi connectivity index (χ4n) is 1.27. The monoisotopic (exact) mass is 260 g/mol. The molecule has 1 aromatic rings. The van der Waals surface area contributed by atoms with Crippen LogP contribution in [0.1, 0.15) is 0 Å². The summed E-state index contributed by atoms with van der Waals surface area (Å²) in [5, 5.41) is 8.82. The second-order valence-corrected chi connectivity index (χ2v) is 4.91. The Labute approximate surface area is 105 Å². The Kier molecular flexibility index (Phi) is 5.87. The van der Waals surface area contributed by atoms with E-state index in [-0.39, 0.29) is 6.61 Å². The molecule has 90 valence electrons. The van der Waals surface area contributed by atoms with Gasteiger partial charge in [0.05, 0.1) is 30.6 Å². The summed E-state index contributed by atoms with van der Waals surface area (Å²) in [5.41, 5.74) is 0. The lowest BCUT2D eigenvalue weighted by Gasteiger charge is -2.12. The molecule has 0 aliphatic carbocycles. The molecule has 0 heterocycles. The van der Waals surface area contributed by atoms with E-state index in [9.17, 15) is 0 Å². The Morgan fingerprint density at radius 1 is 1.12 bits per heavy atom. The molecular weight excluding hydrogens is 244 g/mol. The van der Waals surface area contributed by atoms with Gasteiger partial charge in [-0.2, -0.15) is 0 Å². The molecule has 16 heavy (non-hydrogen) atoms. The SMILES string of the molecule is COc1cc(SCCO)c(OC)cc1SC. The first-order chi connectivity index (χ1) is 7.76. The number of ether oxygens (including phenoxy) is 2. The molecular formula is C11H16O3S2. The van der Waals surface area contributed by atoms with Crippen LogP contribution in [0.2, 0.25) is 0 Å². The molecule has 5 heteroatoms. The van der Waals surface area contributed by atoms with Gasteiger partial charge in [-0.25, -0.2) is 0 Å². The molecule has 0 saturated heterocycles. The predicted molar refractivity (Wildman–Crippen MR) is 69.1 cm³/mol. The maximum atomic E-state index is 8.82. The molecule has 0 amide bonds. The number of hydrogen-bond donors (Lipinski definition) is 1. The molecule has 1 rings (SSSR count). The van der Waals surface area contributed by atoms with Gasteiger partial charge in [0.2, 0.25) is 0 Å². The van der Waals surface area contributed by atoms with Gasteiger partial charge < -0.3 is 14.6 Å². The van der Waals surface area contributed by atoms with E-state index in [0.717, 1.165) is 21.3 Å². The van der Waals surface area contributed by atoms with Crippen molar-refractivity contribution in [1.29, 1.82) is 0 Å². The van der Waals surface area contributed by atoms with Gasteiger partial charge in [0.1, 0.15) is 11.5 Å². The normalized spacial score (nSPS) is 10.2. The molecule has 0 spiro atoms. The third kappa shape index (κ3) is 3.23. The smallest absolute Gasteiger partial charge is 0.133 e. The molecule has 3 nitrogen and oxygen atoms in total. The third-order valence-corrected chi connectivity index (χ3v) is 3.79. The molecule has 0 atom stereocenters. The molecule has 1 aromatic carbocycles. The van der Waals surface area contributed by atoms with Gasteiger partial charge in [-0.05, 0) is 18.4 Å². The molecule has 0 unspecified atom stereocenters. The zero-order valence-electron chi connectivity index (χ0n) is 9.65. The highest BCUT2D eigenvalue weighted by molar-refractivity contribution is 7.99. The van der Waals surface area contributed by atoms with Crippen LogP contribution in [0.15, 0.2) is 21.9 Å². The van der Waals surface area contributed by atoms with Crippen molar-refractivity contribution < 1.29 is 14.6 Å². The Bertz CT molecular complexity index is 342. The average molecular weight is 260 g/mol. The van der Waals surface area contributed by atoms with Crippen LogP contribution in [-0.2, 0) is 0 Å². The van der Waals surface area contributed by atoms with Crippen LogP contribution in [-0.4, -0.2) is 37.9 Å². The van der Waals surface area contributed by atoms with Crippen LogP contribution < -0.4 is 9.47 Å². The Morgan fingerprint density at radius 2 is 1.69 bits per heavy atom.